The molecule has 0 bridgehead atoms. The molecule has 3 aromatic heterocycles. The standard InChI is InChI=1S/C60H38N4/c1-3-15-48-43(13-1)36-54(52-19-7-5-17-50(48)52)58-38-59(55-37-44-14-2-4-16-49(44)51-18-6-8-20-53(51)55)64-60(63-58)47-34-45(39-23-27-41(28-24-39)56-21-9-11-31-61-56)33-46(35-47)40-25-29-42(30-26-40)57-22-10-12-32-62-57/h1-38H. The first-order valence-corrected chi connectivity index (χ1v) is 21.6. The zero-order chi connectivity index (χ0) is 42.4. The van der Waals surface area contributed by atoms with Crippen molar-refractivity contribution in [3.05, 3.63) is 231 Å². The van der Waals surface area contributed by atoms with Gasteiger partial charge in [0.05, 0.1) is 22.8 Å². The molecule has 12 aromatic rings. The minimum Gasteiger partial charge on any atom is -0.256 e. The maximum Gasteiger partial charge on any atom is 0.160 e. The van der Waals surface area contributed by atoms with Crippen LogP contribution in [0, 0.1) is 0 Å². The van der Waals surface area contributed by atoms with Crippen molar-refractivity contribution in [3.8, 4) is 78.7 Å². The van der Waals surface area contributed by atoms with Gasteiger partial charge in [0, 0.05) is 40.2 Å². The summed E-state index contributed by atoms with van der Waals surface area (Å²) < 4.78 is 0. The largest absolute Gasteiger partial charge is 0.256 e. The second-order valence-electron chi connectivity index (χ2n) is 16.2. The number of fused-ring (bicyclic) bond motifs is 6. The summed E-state index contributed by atoms with van der Waals surface area (Å²) in [4.78, 5) is 20.3. The molecule has 0 saturated carbocycles. The number of nitrogens with zero attached hydrogens (tertiary/aromatic N) is 4. The average Bonchev–Trinajstić information content (AvgIpc) is 3.38. The van der Waals surface area contributed by atoms with Crippen LogP contribution in [0.1, 0.15) is 0 Å². The van der Waals surface area contributed by atoms with Crippen LogP contribution in [0.15, 0.2) is 231 Å². The predicted octanol–water partition coefficient (Wildman–Crippen LogP) is 15.5. The summed E-state index contributed by atoms with van der Waals surface area (Å²) >= 11 is 0. The van der Waals surface area contributed by atoms with Crippen LogP contribution in [0.3, 0.4) is 0 Å². The lowest BCUT2D eigenvalue weighted by Gasteiger charge is -2.16. The molecule has 0 aliphatic rings. The average molecular weight is 815 g/mol. The normalized spacial score (nSPS) is 11.4. The Bertz CT molecular complexity index is 3460. The Hall–Kier alpha value is -8.60. The maximum atomic E-state index is 5.55. The summed E-state index contributed by atoms with van der Waals surface area (Å²) in [5, 5.41) is 9.46. The van der Waals surface area contributed by atoms with Gasteiger partial charge < -0.3 is 0 Å². The van der Waals surface area contributed by atoms with Gasteiger partial charge in [-0.3, -0.25) is 9.97 Å². The van der Waals surface area contributed by atoms with Crippen molar-refractivity contribution >= 4 is 43.1 Å². The molecule has 0 saturated heterocycles. The van der Waals surface area contributed by atoms with Gasteiger partial charge in [0.25, 0.3) is 0 Å². The van der Waals surface area contributed by atoms with Crippen molar-refractivity contribution in [2.24, 2.45) is 0 Å². The molecule has 298 valence electrons. The Kier molecular flexibility index (Phi) is 9.12. The van der Waals surface area contributed by atoms with Crippen molar-refractivity contribution in [2.75, 3.05) is 0 Å². The van der Waals surface area contributed by atoms with Crippen molar-refractivity contribution in [1.82, 2.24) is 19.9 Å². The fraction of sp³-hybridized carbons (Fsp3) is 0. The van der Waals surface area contributed by atoms with E-state index in [1.807, 2.05) is 48.8 Å². The summed E-state index contributed by atoms with van der Waals surface area (Å²) in [7, 11) is 0. The van der Waals surface area contributed by atoms with E-state index in [-0.39, 0.29) is 0 Å². The second-order valence-corrected chi connectivity index (χ2v) is 16.2. The minimum absolute atomic E-state index is 0.653. The van der Waals surface area contributed by atoms with E-state index in [0.29, 0.717) is 5.82 Å². The molecule has 0 unspecified atom stereocenters. The van der Waals surface area contributed by atoms with Crippen molar-refractivity contribution in [2.45, 2.75) is 0 Å². The summed E-state index contributed by atoms with van der Waals surface area (Å²) in [6.45, 7) is 0. The highest BCUT2D eigenvalue weighted by Gasteiger charge is 2.18. The van der Waals surface area contributed by atoms with E-state index in [9.17, 15) is 0 Å². The lowest BCUT2D eigenvalue weighted by atomic mass is 9.92. The molecule has 4 heteroatoms. The smallest absolute Gasteiger partial charge is 0.160 e. The second kappa shape index (κ2) is 15.7. The number of rotatable bonds is 7. The molecular formula is C60H38N4. The molecule has 4 nitrogen and oxygen atoms in total. The zero-order valence-electron chi connectivity index (χ0n) is 34.7. The molecule has 0 radical (unpaired) electrons. The van der Waals surface area contributed by atoms with E-state index in [1.54, 1.807) is 0 Å². The van der Waals surface area contributed by atoms with Crippen LogP contribution in [0.25, 0.3) is 122 Å². The fourth-order valence-corrected chi connectivity index (χ4v) is 9.21. The van der Waals surface area contributed by atoms with Gasteiger partial charge in [0.1, 0.15) is 0 Å². The SMILES string of the molecule is c1ccc(-c2ccc(-c3cc(-c4ccc(-c5ccccn5)cc4)cc(-c4nc(-c5cc6ccccc6c6ccccc56)cc(-c5cc6ccccc6c6ccccc56)n4)c3)cc2)nc1. The molecule has 0 fully saturated rings. The number of hydrogen-bond acceptors (Lipinski definition) is 4. The van der Waals surface area contributed by atoms with Gasteiger partial charge in [-0.25, -0.2) is 9.97 Å². The van der Waals surface area contributed by atoms with Gasteiger partial charge in [0.15, 0.2) is 5.82 Å². The Balaban J connectivity index is 1.10. The van der Waals surface area contributed by atoms with E-state index in [1.165, 1.54) is 32.3 Å². The van der Waals surface area contributed by atoms with Crippen LogP contribution >= 0.6 is 0 Å². The van der Waals surface area contributed by atoms with Crippen LogP contribution < -0.4 is 0 Å². The molecule has 64 heavy (non-hydrogen) atoms. The number of pyridine rings is 2. The third kappa shape index (κ3) is 6.75. The summed E-state index contributed by atoms with van der Waals surface area (Å²) in [6, 6.07) is 77.5. The number of benzene rings is 9. The summed E-state index contributed by atoms with van der Waals surface area (Å²) in [6.07, 6.45) is 3.67. The fourth-order valence-electron chi connectivity index (χ4n) is 9.21. The molecule has 0 atom stereocenters. The molecule has 9 aromatic carbocycles. The van der Waals surface area contributed by atoms with Crippen LogP contribution in [-0.4, -0.2) is 19.9 Å². The number of hydrogen-bond donors (Lipinski definition) is 0. The Morgan fingerprint density at radius 1 is 0.234 bits per heavy atom. The Morgan fingerprint density at radius 2 is 0.609 bits per heavy atom. The lowest BCUT2D eigenvalue weighted by Crippen LogP contribution is -1.98. The quantitative estimate of drug-likeness (QED) is 0.150. The van der Waals surface area contributed by atoms with Gasteiger partial charge in [-0.1, -0.05) is 158 Å². The van der Waals surface area contributed by atoms with Crippen LogP contribution in [0.2, 0.25) is 0 Å². The highest BCUT2D eigenvalue weighted by molar-refractivity contribution is 6.15. The van der Waals surface area contributed by atoms with Gasteiger partial charge >= 0.3 is 0 Å². The maximum absolute atomic E-state index is 5.55. The molecule has 0 N–H and O–H groups in total. The van der Waals surface area contributed by atoms with E-state index in [0.717, 1.165) is 83.6 Å². The van der Waals surface area contributed by atoms with E-state index in [4.69, 9.17) is 9.97 Å². The highest BCUT2D eigenvalue weighted by atomic mass is 14.9. The topological polar surface area (TPSA) is 51.6 Å². The number of aromatic nitrogens is 4. The predicted molar refractivity (Wildman–Crippen MR) is 266 cm³/mol. The van der Waals surface area contributed by atoms with Crippen molar-refractivity contribution in [1.29, 1.82) is 0 Å². The van der Waals surface area contributed by atoms with Crippen molar-refractivity contribution in [3.63, 3.8) is 0 Å². The van der Waals surface area contributed by atoms with Crippen LogP contribution in [0.4, 0.5) is 0 Å². The highest BCUT2D eigenvalue weighted by Crippen LogP contribution is 2.41. The van der Waals surface area contributed by atoms with Gasteiger partial charge in [0.2, 0.25) is 0 Å². The van der Waals surface area contributed by atoms with Crippen LogP contribution in [0.5, 0.6) is 0 Å². The molecule has 0 aliphatic carbocycles. The van der Waals surface area contributed by atoms with Gasteiger partial charge in [-0.05, 0) is 126 Å². The first kappa shape index (κ1) is 37.2. The van der Waals surface area contributed by atoms with Gasteiger partial charge in [-0.2, -0.15) is 0 Å². The molecule has 0 spiro atoms. The van der Waals surface area contributed by atoms with Crippen molar-refractivity contribution < 1.29 is 0 Å². The van der Waals surface area contributed by atoms with Gasteiger partial charge in [-0.15, -0.1) is 0 Å². The lowest BCUT2D eigenvalue weighted by molar-refractivity contribution is 1.19. The summed E-state index contributed by atoms with van der Waals surface area (Å²) in [5.74, 6) is 0.653. The zero-order valence-corrected chi connectivity index (χ0v) is 34.7. The minimum atomic E-state index is 0.653. The first-order chi connectivity index (χ1) is 31.7. The first-order valence-electron chi connectivity index (χ1n) is 21.6. The molecular weight excluding hydrogens is 777 g/mol. The van der Waals surface area contributed by atoms with Crippen LogP contribution in [-0.2, 0) is 0 Å². The third-order valence-electron chi connectivity index (χ3n) is 12.4. The summed E-state index contributed by atoms with van der Waals surface area (Å²) in [5.41, 5.74) is 13.1. The Morgan fingerprint density at radius 3 is 1.05 bits per heavy atom. The van der Waals surface area contributed by atoms with E-state index in [2.05, 4.69) is 192 Å². The molecule has 0 aliphatic heterocycles. The van der Waals surface area contributed by atoms with E-state index < -0.39 is 0 Å². The monoisotopic (exact) mass is 814 g/mol. The molecule has 12 rings (SSSR count). The third-order valence-corrected chi connectivity index (χ3v) is 12.4. The Labute approximate surface area is 370 Å². The van der Waals surface area contributed by atoms with E-state index >= 15 is 0 Å². The molecule has 0 amide bonds. The molecule has 3 heterocycles.